The molecular formula is C18H17NO3. The fourth-order valence-corrected chi connectivity index (χ4v) is 2.57. The van der Waals surface area contributed by atoms with Gasteiger partial charge < -0.3 is 4.74 Å². The highest BCUT2D eigenvalue weighted by Crippen LogP contribution is 2.29. The first-order valence-corrected chi connectivity index (χ1v) is 7.12. The molecule has 0 amide bonds. The van der Waals surface area contributed by atoms with Crippen molar-refractivity contribution in [2.45, 2.75) is 26.4 Å². The summed E-state index contributed by atoms with van der Waals surface area (Å²) in [7, 11) is 0. The summed E-state index contributed by atoms with van der Waals surface area (Å²) in [5, 5.41) is 2.67. The van der Waals surface area contributed by atoms with E-state index in [1.165, 1.54) is 10.8 Å². The van der Waals surface area contributed by atoms with Gasteiger partial charge in [-0.3, -0.25) is 9.36 Å². The number of aromatic nitrogens is 1. The number of benzene rings is 2. The third kappa shape index (κ3) is 2.37. The van der Waals surface area contributed by atoms with Crippen molar-refractivity contribution >= 4 is 34.1 Å². The second-order valence-electron chi connectivity index (χ2n) is 6.24. The summed E-state index contributed by atoms with van der Waals surface area (Å²) in [6.07, 6.45) is 1.82. The van der Waals surface area contributed by atoms with E-state index in [9.17, 15) is 9.59 Å². The van der Waals surface area contributed by atoms with E-state index in [4.69, 9.17) is 4.74 Å². The highest BCUT2D eigenvalue weighted by atomic mass is 16.6. The number of hydrogen-bond donors (Lipinski definition) is 0. The second-order valence-corrected chi connectivity index (χ2v) is 6.24. The summed E-state index contributed by atoms with van der Waals surface area (Å²) in [6.45, 7) is 5.44. The molecule has 112 valence electrons. The molecule has 0 saturated carbocycles. The van der Waals surface area contributed by atoms with E-state index in [2.05, 4.69) is 0 Å². The molecule has 4 nitrogen and oxygen atoms in total. The lowest BCUT2D eigenvalue weighted by molar-refractivity contribution is 0.0544. The zero-order valence-electron chi connectivity index (χ0n) is 12.8. The summed E-state index contributed by atoms with van der Waals surface area (Å²) in [5.74, 6) is 0. The molecule has 22 heavy (non-hydrogen) atoms. The maximum Gasteiger partial charge on any atom is 0.419 e. The molecule has 0 bridgehead atoms. The highest BCUT2D eigenvalue weighted by molar-refractivity contribution is 6.13. The largest absolute Gasteiger partial charge is 0.443 e. The fraction of sp³-hybridized carbons (Fsp3) is 0.222. The minimum Gasteiger partial charge on any atom is -0.443 e. The number of carbonyl (C=O) groups is 2. The number of nitrogens with zero attached hydrogens (tertiary/aromatic N) is 1. The average molecular weight is 295 g/mol. The highest BCUT2D eigenvalue weighted by Gasteiger charge is 2.21. The third-order valence-corrected chi connectivity index (χ3v) is 3.44. The standard InChI is InChI=1S/C18H17NO3/c1-18(2,3)22-17(21)19-10-13(11-20)15-9-8-12-6-4-5-7-14(12)16(15)19/h4-11H,1-3H3. The molecule has 0 unspecified atom stereocenters. The van der Waals surface area contributed by atoms with Crippen molar-refractivity contribution in [3.05, 3.63) is 48.2 Å². The molecule has 0 spiro atoms. The van der Waals surface area contributed by atoms with Crippen LogP contribution in [0.1, 0.15) is 31.1 Å². The molecule has 1 heterocycles. The Hall–Kier alpha value is -2.62. The molecule has 0 aliphatic rings. The third-order valence-electron chi connectivity index (χ3n) is 3.44. The van der Waals surface area contributed by atoms with Gasteiger partial charge >= 0.3 is 6.09 Å². The van der Waals surface area contributed by atoms with Crippen LogP contribution in [0.25, 0.3) is 21.7 Å². The second kappa shape index (κ2) is 4.98. The van der Waals surface area contributed by atoms with Gasteiger partial charge in [0.15, 0.2) is 6.29 Å². The zero-order chi connectivity index (χ0) is 15.9. The van der Waals surface area contributed by atoms with Gasteiger partial charge in [-0.1, -0.05) is 36.4 Å². The summed E-state index contributed by atoms with van der Waals surface area (Å²) < 4.78 is 6.87. The van der Waals surface area contributed by atoms with Gasteiger partial charge in [0.05, 0.1) is 5.52 Å². The van der Waals surface area contributed by atoms with Gasteiger partial charge in [-0.05, 0) is 26.2 Å². The molecule has 0 fully saturated rings. The predicted octanol–water partition coefficient (Wildman–Crippen LogP) is 4.39. The first-order valence-electron chi connectivity index (χ1n) is 7.12. The Kier molecular flexibility index (Phi) is 3.24. The molecule has 1 aromatic heterocycles. The first kappa shape index (κ1) is 14.3. The van der Waals surface area contributed by atoms with E-state index < -0.39 is 11.7 Å². The Balaban J connectivity index is 2.31. The molecule has 0 aliphatic carbocycles. The predicted molar refractivity (Wildman–Crippen MR) is 86.5 cm³/mol. The van der Waals surface area contributed by atoms with Crippen LogP contribution in [-0.2, 0) is 4.74 Å². The van der Waals surface area contributed by atoms with E-state index >= 15 is 0 Å². The summed E-state index contributed by atoms with van der Waals surface area (Å²) in [6, 6.07) is 11.6. The van der Waals surface area contributed by atoms with Crippen LogP contribution in [0.5, 0.6) is 0 Å². The number of fused-ring (bicyclic) bond motifs is 3. The Morgan fingerprint density at radius 2 is 1.82 bits per heavy atom. The first-order chi connectivity index (χ1) is 10.4. The molecule has 0 atom stereocenters. The van der Waals surface area contributed by atoms with Crippen LogP contribution in [0.3, 0.4) is 0 Å². The van der Waals surface area contributed by atoms with Gasteiger partial charge in [-0.25, -0.2) is 4.79 Å². The van der Waals surface area contributed by atoms with Gasteiger partial charge in [0.1, 0.15) is 5.60 Å². The molecule has 3 rings (SSSR count). The van der Waals surface area contributed by atoms with Gasteiger partial charge in [0.2, 0.25) is 0 Å². The van der Waals surface area contributed by atoms with E-state index in [-0.39, 0.29) is 0 Å². The Morgan fingerprint density at radius 1 is 1.09 bits per heavy atom. The van der Waals surface area contributed by atoms with Crippen molar-refractivity contribution in [3.8, 4) is 0 Å². The monoisotopic (exact) mass is 295 g/mol. The van der Waals surface area contributed by atoms with Gasteiger partial charge in [-0.2, -0.15) is 0 Å². The average Bonchev–Trinajstić information content (AvgIpc) is 2.84. The van der Waals surface area contributed by atoms with Crippen LogP contribution in [0.4, 0.5) is 4.79 Å². The van der Waals surface area contributed by atoms with E-state index in [0.29, 0.717) is 11.1 Å². The van der Waals surface area contributed by atoms with Gasteiger partial charge in [-0.15, -0.1) is 0 Å². The minimum atomic E-state index is -0.598. The van der Waals surface area contributed by atoms with Gasteiger partial charge in [0, 0.05) is 22.5 Å². The quantitative estimate of drug-likeness (QED) is 0.625. The fourth-order valence-electron chi connectivity index (χ4n) is 2.57. The topological polar surface area (TPSA) is 48.3 Å². The Labute approximate surface area is 128 Å². The molecule has 4 heteroatoms. The van der Waals surface area contributed by atoms with Crippen LogP contribution < -0.4 is 0 Å². The van der Waals surface area contributed by atoms with Crippen LogP contribution in [0.2, 0.25) is 0 Å². The van der Waals surface area contributed by atoms with Crippen LogP contribution in [0, 0.1) is 0 Å². The number of hydrogen-bond acceptors (Lipinski definition) is 3. The summed E-state index contributed by atoms with van der Waals surface area (Å²) in [4.78, 5) is 23.8. The SMILES string of the molecule is CC(C)(C)OC(=O)n1cc(C=O)c2ccc3ccccc3c21. The van der Waals surface area contributed by atoms with Crippen molar-refractivity contribution in [2.75, 3.05) is 0 Å². The lowest BCUT2D eigenvalue weighted by Crippen LogP contribution is -2.26. The van der Waals surface area contributed by atoms with Crippen LogP contribution >= 0.6 is 0 Å². The van der Waals surface area contributed by atoms with Gasteiger partial charge in [0.25, 0.3) is 0 Å². The normalized spacial score (nSPS) is 11.8. The van der Waals surface area contributed by atoms with Crippen LogP contribution in [0.15, 0.2) is 42.6 Å². The van der Waals surface area contributed by atoms with Crippen LogP contribution in [-0.4, -0.2) is 22.5 Å². The van der Waals surface area contributed by atoms with Crippen molar-refractivity contribution in [1.29, 1.82) is 0 Å². The Bertz CT molecular complexity index is 884. The Morgan fingerprint density at radius 3 is 2.50 bits per heavy atom. The molecule has 0 radical (unpaired) electrons. The maximum atomic E-state index is 12.5. The summed E-state index contributed by atoms with van der Waals surface area (Å²) in [5.41, 5.74) is 0.584. The molecular weight excluding hydrogens is 278 g/mol. The van der Waals surface area contributed by atoms with Crippen molar-refractivity contribution in [2.24, 2.45) is 0 Å². The lowest BCUT2D eigenvalue weighted by Gasteiger charge is -2.20. The molecule has 2 aromatic carbocycles. The van der Waals surface area contributed by atoms with E-state index in [1.54, 1.807) is 0 Å². The van der Waals surface area contributed by atoms with Crippen molar-refractivity contribution < 1.29 is 14.3 Å². The summed E-state index contributed by atoms with van der Waals surface area (Å²) >= 11 is 0. The zero-order valence-corrected chi connectivity index (χ0v) is 12.8. The van der Waals surface area contributed by atoms with E-state index in [0.717, 1.165) is 22.4 Å². The molecule has 0 saturated heterocycles. The lowest BCUT2D eigenvalue weighted by atomic mass is 10.1. The minimum absolute atomic E-state index is 0.478. The molecule has 3 aromatic rings. The maximum absolute atomic E-state index is 12.5. The van der Waals surface area contributed by atoms with Crippen molar-refractivity contribution in [3.63, 3.8) is 0 Å². The number of rotatable bonds is 1. The molecule has 0 aliphatic heterocycles. The number of carbonyl (C=O) groups excluding carboxylic acids is 2. The van der Waals surface area contributed by atoms with Crippen molar-refractivity contribution in [1.82, 2.24) is 4.57 Å². The number of ether oxygens (including phenoxy) is 1. The smallest absolute Gasteiger partial charge is 0.419 e. The van der Waals surface area contributed by atoms with E-state index in [1.807, 2.05) is 57.2 Å². The molecule has 0 N–H and O–H groups in total. The number of aldehydes is 1.